The molecule has 3 rings (SSSR count). The third kappa shape index (κ3) is 2.05. The van der Waals surface area contributed by atoms with Crippen molar-refractivity contribution in [3.63, 3.8) is 0 Å². The minimum atomic E-state index is -2.64. The smallest absolute Gasteiger partial charge is 0.252 e. The normalized spacial score (nSPS) is 32.0. The molecule has 0 aliphatic carbocycles. The van der Waals surface area contributed by atoms with Crippen molar-refractivity contribution in [2.24, 2.45) is 5.41 Å². The maximum Gasteiger partial charge on any atom is 0.252 e. The van der Waals surface area contributed by atoms with E-state index in [2.05, 4.69) is 0 Å². The average Bonchev–Trinajstić information content (AvgIpc) is 2.98. The Kier molecular flexibility index (Phi) is 3.46. The van der Waals surface area contributed by atoms with Gasteiger partial charge in [-0.2, -0.15) is 0 Å². The van der Waals surface area contributed by atoms with Crippen LogP contribution < -0.4 is 0 Å². The highest BCUT2D eigenvalue weighted by Gasteiger charge is 2.59. The first-order valence-corrected chi connectivity index (χ1v) is 7.36. The Labute approximate surface area is 121 Å². The lowest BCUT2D eigenvalue weighted by atomic mass is 9.81. The van der Waals surface area contributed by atoms with Crippen LogP contribution in [0.3, 0.4) is 0 Å². The molecular weight excluding hydrogens is 279 g/mol. The number of halogens is 3. The summed E-state index contributed by atoms with van der Waals surface area (Å²) in [7, 11) is 0. The van der Waals surface area contributed by atoms with Crippen LogP contribution >= 0.6 is 0 Å². The molecule has 0 unspecified atom stereocenters. The number of benzene rings is 1. The largest absolute Gasteiger partial charge is 0.332 e. The van der Waals surface area contributed by atoms with Crippen LogP contribution in [0.5, 0.6) is 0 Å². The van der Waals surface area contributed by atoms with Gasteiger partial charge in [0.25, 0.3) is 6.43 Å². The van der Waals surface area contributed by atoms with Crippen molar-refractivity contribution in [3.8, 4) is 0 Å². The fourth-order valence-electron chi connectivity index (χ4n) is 3.83. The zero-order valence-electron chi connectivity index (χ0n) is 11.9. The van der Waals surface area contributed by atoms with Gasteiger partial charge in [-0.05, 0) is 43.4 Å². The Balaban J connectivity index is 1.94. The molecule has 0 bridgehead atoms. The molecule has 1 aromatic carbocycles. The number of alkyl halides is 2. The maximum atomic E-state index is 13.4. The van der Waals surface area contributed by atoms with Gasteiger partial charge in [0, 0.05) is 6.04 Å². The highest BCUT2D eigenvalue weighted by Crippen LogP contribution is 2.52. The van der Waals surface area contributed by atoms with Crippen LogP contribution in [0.15, 0.2) is 24.3 Å². The number of hydrogen-bond donors (Lipinski definition) is 0. The number of carbonyl (C=O) groups excluding carboxylic acids is 1. The van der Waals surface area contributed by atoms with Crippen molar-refractivity contribution in [2.75, 3.05) is 0 Å². The van der Waals surface area contributed by atoms with Gasteiger partial charge in [-0.3, -0.25) is 4.79 Å². The molecule has 2 aliphatic heterocycles. The Morgan fingerprint density at radius 2 is 2.14 bits per heavy atom. The molecule has 1 aromatic rings. The van der Waals surface area contributed by atoms with Gasteiger partial charge in [0.2, 0.25) is 5.91 Å². The van der Waals surface area contributed by atoms with Gasteiger partial charge in [-0.25, -0.2) is 13.2 Å². The Morgan fingerprint density at radius 1 is 1.38 bits per heavy atom. The lowest BCUT2D eigenvalue weighted by Gasteiger charge is -2.29. The maximum absolute atomic E-state index is 13.4. The number of hydrogen-bond acceptors (Lipinski definition) is 1. The summed E-state index contributed by atoms with van der Waals surface area (Å²) in [5.74, 6) is -0.824. The first kappa shape index (κ1) is 14.4. The van der Waals surface area contributed by atoms with Gasteiger partial charge in [0.1, 0.15) is 11.2 Å². The SMILES string of the molecule is CC[C@]1(C(F)F)C[C@@H]2CC[C@H](c3cccc(F)c3)N2C1=O. The van der Waals surface area contributed by atoms with Gasteiger partial charge in [0.05, 0.1) is 6.04 Å². The number of amides is 1. The minimum Gasteiger partial charge on any atom is -0.332 e. The fourth-order valence-corrected chi connectivity index (χ4v) is 3.83. The summed E-state index contributed by atoms with van der Waals surface area (Å²) >= 11 is 0. The number of carbonyl (C=O) groups is 1. The van der Waals surface area contributed by atoms with Crippen molar-refractivity contribution in [2.45, 2.75) is 51.1 Å². The van der Waals surface area contributed by atoms with E-state index in [9.17, 15) is 18.0 Å². The van der Waals surface area contributed by atoms with E-state index < -0.39 is 17.7 Å². The Bertz CT molecular complexity index is 562. The molecule has 1 amide bonds. The van der Waals surface area contributed by atoms with Gasteiger partial charge < -0.3 is 4.90 Å². The van der Waals surface area contributed by atoms with Gasteiger partial charge in [-0.1, -0.05) is 19.1 Å². The molecule has 0 N–H and O–H groups in total. The molecule has 2 aliphatic rings. The summed E-state index contributed by atoms with van der Waals surface area (Å²) in [6.45, 7) is 1.64. The van der Waals surface area contributed by atoms with E-state index in [1.54, 1.807) is 24.0 Å². The van der Waals surface area contributed by atoms with E-state index in [0.717, 1.165) is 0 Å². The molecule has 0 aromatic heterocycles. The van der Waals surface area contributed by atoms with Crippen molar-refractivity contribution >= 4 is 5.91 Å². The van der Waals surface area contributed by atoms with Crippen molar-refractivity contribution in [3.05, 3.63) is 35.6 Å². The monoisotopic (exact) mass is 297 g/mol. The molecular formula is C16H18F3NO. The summed E-state index contributed by atoms with van der Waals surface area (Å²) < 4.78 is 40.3. The minimum absolute atomic E-state index is 0.139. The quantitative estimate of drug-likeness (QED) is 0.828. The van der Waals surface area contributed by atoms with Crippen LogP contribution in [0, 0.1) is 11.2 Å². The highest BCUT2D eigenvalue weighted by molar-refractivity contribution is 5.86. The van der Waals surface area contributed by atoms with Crippen molar-refractivity contribution in [1.29, 1.82) is 0 Å². The predicted octanol–water partition coefficient (Wildman–Crippen LogP) is 3.92. The first-order chi connectivity index (χ1) is 9.99. The first-order valence-electron chi connectivity index (χ1n) is 7.36. The molecule has 3 atom stereocenters. The van der Waals surface area contributed by atoms with Gasteiger partial charge in [0.15, 0.2) is 0 Å². The molecule has 2 saturated heterocycles. The molecule has 0 saturated carbocycles. The number of fused-ring (bicyclic) bond motifs is 1. The van der Waals surface area contributed by atoms with E-state index in [0.29, 0.717) is 18.4 Å². The third-order valence-electron chi connectivity index (χ3n) is 5.04. The van der Waals surface area contributed by atoms with Crippen LogP contribution in [0.25, 0.3) is 0 Å². The number of rotatable bonds is 3. The van der Waals surface area contributed by atoms with Crippen molar-refractivity contribution < 1.29 is 18.0 Å². The second-order valence-electron chi connectivity index (χ2n) is 6.03. The second kappa shape index (κ2) is 5.04. The van der Waals surface area contributed by atoms with E-state index in [-0.39, 0.29) is 30.7 Å². The summed E-state index contributed by atoms with van der Waals surface area (Å²) in [4.78, 5) is 14.2. The van der Waals surface area contributed by atoms with Gasteiger partial charge >= 0.3 is 0 Å². The highest BCUT2D eigenvalue weighted by atomic mass is 19.3. The van der Waals surface area contributed by atoms with Crippen LogP contribution in [0.4, 0.5) is 13.2 Å². The molecule has 2 fully saturated rings. The Hall–Kier alpha value is -1.52. The molecule has 5 heteroatoms. The van der Waals surface area contributed by atoms with Crippen LogP contribution in [0.1, 0.15) is 44.2 Å². The van der Waals surface area contributed by atoms with Crippen LogP contribution in [-0.4, -0.2) is 23.3 Å². The summed E-state index contributed by atoms with van der Waals surface area (Å²) in [5.41, 5.74) is -0.844. The molecule has 2 nitrogen and oxygen atoms in total. The van der Waals surface area contributed by atoms with Crippen LogP contribution in [0.2, 0.25) is 0 Å². The van der Waals surface area contributed by atoms with E-state index in [1.165, 1.54) is 12.1 Å². The zero-order chi connectivity index (χ0) is 15.2. The summed E-state index contributed by atoms with van der Waals surface area (Å²) in [6.07, 6.45) is -0.864. The van der Waals surface area contributed by atoms with Crippen molar-refractivity contribution in [1.82, 2.24) is 4.90 Å². The molecule has 21 heavy (non-hydrogen) atoms. The van der Waals surface area contributed by atoms with E-state index in [4.69, 9.17) is 0 Å². The summed E-state index contributed by atoms with van der Waals surface area (Å²) in [5, 5.41) is 0. The third-order valence-corrected chi connectivity index (χ3v) is 5.04. The van der Waals surface area contributed by atoms with Crippen LogP contribution in [-0.2, 0) is 4.79 Å². The molecule has 114 valence electrons. The summed E-state index contributed by atoms with van der Waals surface area (Å²) in [6, 6.07) is 5.69. The molecule has 2 heterocycles. The fraction of sp³-hybridized carbons (Fsp3) is 0.562. The van der Waals surface area contributed by atoms with E-state index >= 15 is 0 Å². The number of nitrogens with zero attached hydrogens (tertiary/aromatic N) is 1. The average molecular weight is 297 g/mol. The molecule has 0 spiro atoms. The zero-order valence-corrected chi connectivity index (χ0v) is 11.9. The van der Waals surface area contributed by atoms with E-state index in [1.807, 2.05) is 0 Å². The standard InChI is InChI=1S/C16H18F3NO/c1-2-16(14(18)19)9-12-6-7-13(20(12)15(16)21)10-4-3-5-11(17)8-10/h3-5,8,12-14H,2,6-7,9H2,1H3/t12-,13+,16+/m0/s1. The lowest BCUT2D eigenvalue weighted by Crippen LogP contribution is -2.40. The lowest BCUT2D eigenvalue weighted by molar-refractivity contribution is -0.146. The second-order valence-corrected chi connectivity index (χ2v) is 6.03. The predicted molar refractivity (Wildman–Crippen MR) is 72.4 cm³/mol. The van der Waals surface area contributed by atoms with Gasteiger partial charge in [-0.15, -0.1) is 0 Å². The molecule has 0 radical (unpaired) electrons. The Morgan fingerprint density at radius 3 is 2.76 bits per heavy atom. The topological polar surface area (TPSA) is 20.3 Å².